The highest BCUT2D eigenvalue weighted by molar-refractivity contribution is 5.82. The smallest absolute Gasteiger partial charge is 0.330 e. The Morgan fingerprint density at radius 2 is 1.88 bits per heavy atom. The number of aliphatic hydroxyl groups is 2. The summed E-state index contributed by atoms with van der Waals surface area (Å²) in [5.41, 5.74) is 0. The van der Waals surface area contributed by atoms with Crippen molar-refractivity contribution in [2.45, 2.75) is 70.6 Å². The Bertz CT molecular complexity index is 486. The quantitative estimate of drug-likeness (QED) is 0.475. The second-order valence-electron chi connectivity index (χ2n) is 5.71. The zero-order chi connectivity index (χ0) is 18.3. The van der Waals surface area contributed by atoms with Crippen LogP contribution in [-0.2, 0) is 28.6 Å². The molecule has 1 aliphatic heterocycles. The number of hydrogen-bond acceptors (Lipinski definition) is 8. The highest BCUT2D eigenvalue weighted by Gasteiger charge is 2.32. The predicted molar refractivity (Wildman–Crippen MR) is 81.7 cm³/mol. The number of carbonyl (C=O) groups is 3. The van der Waals surface area contributed by atoms with Crippen LogP contribution >= 0.6 is 0 Å². The number of carbonyl (C=O) groups excluding carboxylic acids is 3. The summed E-state index contributed by atoms with van der Waals surface area (Å²) in [4.78, 5) is 33.4. The second-order valence-corrected chi connectivity index (χ2v) is 5.71. The highest BCUT2D eigenvalue weighted by atomic mass is 16.6. The molecule has 2 N–H and O–H groups in total. The van der Waals surface area contributed by atoms with Gasteiger partial charge in [-0.25, -0.2) is 4.79 Å². The maximum absolute atomic E-state index is 11.2. The molecule has 0 bridgehead atoms. The fraction of sp³-hybridized carbons (Fsp3) is 0.688. The number of hydrogen-bond donors (Lipinski definition) is 2. The summed E-state index contributed by atoms with van der Waals surface area (Å²) in [6, 6.07) is 0. The molecule has 0 fully saturated rings. The second kappa shape index (κ2) is 9.39. The molecule has 0 saturated heterocycles. The molecular weight excluding hydrogens is 320 g/mol. The maximum Gasteiger partial charge on any atom is 0.330 e. The van der Waals surface area contributed by atoms with Crippen molar-refractivity contribution in [3.05, 3.63) is 12.2 Å². The number of cyclic esters (lactones) is 1. The number of ether oxygens (including phenoxy) is 3. The first kappa shape index (κ1) is 20.1. The van der Waals surface area contributed by atoms with Gasteiger partial charge < -0.3 is 24.4 Å². The Morgan fingerprint density at radius 3 is 2.42 bits per heavy atom. The van der Waals surface area contributed by atoms with Gasteiger partial charge in [-0.2, -0.15) is 0 Å². The van der Waals surface area contributed by atoms with Gasteiger partial charge in [0.25, 0.3) is 0 Å². The summed E-state index contributed by atoms with van der Waals surface area (Å²) in [5, 5.41) is 20.2. The lowest BCUT2D eigenvalue weighted by atomic mass is 9.97. The summed E-state index contributed by atoms with van der Waals surface area (Å²) >= 11 is 0. The molecule has 1 rings (SSSR count). The topological polar surface area (TPSA) is 119 Å². The number of aliphatic hydroxyl groups excluding tert-OH is 2. The third kappa shape index (κ3) is 6.67. The summed E-state index contributed by atoms with van der Waals surface area (Å²) < 4.78 is 15.0. The van der Waals surface area contributed by atoms with Gasteiger partial charge in [-0.05, 0) is 19.8 Å². The maximum atomic E-state index is 11.2. The highest BCUT2D eigenvalue weighted by Crippen LogP contribution is 2.19. The van der Waals surface area contributed by atoms with Crippen molar-refractivity contribution in [2.24, 2.45) is 0 Å². The lowest BCUT2D eigenvalue weighted by molar-refractivity contribution is -0.166. The van der Waals surface area contributed by atoms with E-state index in [2.05, 4.69) is 0 Å². The van der Waals surface area contributed by atoms with E-state index in [0.717, 1.165) is 0 Å². The normalized spacial score (nSPS) is 22.0. The van der Waals surface area contributed by atoms with Gasteiger partial charge in [0, 0.05) is 26.3 Å². The molecule has 0 radical (unpaired) electrons. The summed E-state index contributed by atoms with van der Waals surface area (Å²) in [5.74, 6) is -1.62. The van der Waals surface area contributed by atoms with Crippen LogP contribution in [0.25, 0.3) is 0 Å². The molecule has 0 unspecified atom stereocenters. The summed E-state index contributed by atoms with van der Waals surface area (Å²) in [6.07, 6.45) is -1.34. The Balaban J connectivity index is 2.57. The van der Waals surface area contributed by atoms with Crippen LogP contribution in [0.3, 0.4) is 0 Å². The Kier molecular flexibility index (Phi) is 7.87. The minimum Gasteiger partial charge on any atom is -0.459 e. The molecule has 136 valence electrons. The van der Waals surface area contributed by atoms with Gasteiger partial charge in [0.2, 0.25) is 0 Å². The molecule has 0 aromatic heterocycles. The molecule has 24 heavy (non-hydrogen) atoms. The van der Waals surface area contributed by atoms with E-state index in [0.29, 0.717) is 6.42 Å². The van der Waals surface area contributed by atoms with E-state index in [9.17, 15) is 24.6 Å². The zero-order valence-corrected chi connectivity index (χ0v) is 14.0. The molecule has 0 aliphatic carbocycles. The van der Waals surface area contributed by atoms with Crippen molar-refractivity contribution in [3.63, 3.8) is 0 Å². The molecule has 8 nitrogen and oxygen atoms in total. The van der Waals surface area contributed by atoms with Crippen LogP contribution in [0.5, 0.6) is 0 Å². The van der Waals surface area contributed by atoms with Gasteiger partial charge in [-0.3, -0.25) is 9.59 Å². The molecule has 0 saturated carbocycles. The van der Waals surface area contributed by atoms with E-state index < -0.39 is 48.4 Å². The van der Waals surface area contributed by atoms with E-state index in [1.165, 1.54) is 19.9 Å². The van der Waals surface area contributed by atoms with Crippen LogP contribution in [0, 0.1) is 0 Å². The van der Waals surface area contributed by atoms with Crippen LogP contribution in [0.4, 0.5) is 0 Å². The first-order chi connectivity index (χ1) is 11.2. The van der Waals surface area contributed by atoms with Gasteiger partial charge in [0.15, 0.2) is 0 Å². The third-order valence-corrected chi connectivity index (χ3v) is 3.60. The zero-order valence-electron chi connectivity index (χ0n) is 14.0. The summed E-state index contributed by atoms with van der Waals surface area (Å²) in [6.45, 7) is 4.04. The molecule has 5 atom stereocenters. The average molecular weight is 344 g/mol. The Morgan fingerprint density at radius 1 is 1.25 bits per heavy atom. The largest absolute Gasteiger partial charge is 0.459 e. The first-order valence-corrected chi connectivity index (χ1v) is 7.78. The van der Waals surface area contributed by atoms with Crippen LogP contribution in [-0.4, -0.2) is 58.6 Å². The van der Waals surface area contributed by atoms with Crippen LogP contribution in [0.2, 0.25) is 0 Å². The van der Waals surface area contributed by atoms with E-state index in [1.807, 2.05) is 0 Å². The third-order valence-electron chi connectivity index (χ3n) is 3.60. The van der Waals surface area contributed by atoms with Crippen molar-refractivity contribution >= 4 is 17.9 Å². The number of esters is 3. The van der Waals surface area contributed by atoms with Crippen molar-refractivity contribution in [2.75, 3.05) is 0 Å². The van der Waals surface area contributed by atoms with Gasteiger partial charge in [-0.15, -0.1) is 0 Å². The van der Waals surface area contributed by atoms with E-state index in [4.69, 9.17) is 14.2 Å². The lowest BCUT2D eigenvalue weighted by Gasteiger charge is -2.29. The molecular formula is C16H24O8. The van der Waals surface area contributed by atoms with E-state index in [-0.39, 0.29) is 12.8 Å². The number of rotatable bonds is 8. The van der Waals surface area contributed by atoms with Crippen molar-refractivity contribution in [3.8, 4) is 0 Å². The Labute approximate surface area is 140 Å². The minimum absolute atomic E-state index is 0.0719. The fourth-order valence-electron chi connectivity index (χ4n) is 2.44. The summed E-state index contributed by atoms with van der Waals surface area (Å²) in [7, 11) is 0. The van der Waals surface area contributed by atoms with Crippen molar-refractivity contribution in [1.82, 2.24) is 0 Å². The predicted octanol–water partition coefficient (Wildman–Crippen LogP) is 0.243. The molecule has 0 aromatic carbocycles. The average Bonchev–Trinajstić information content (AvgIpc) is 2.49. The van der Waals surface area contributed by atoms with Crippen LogP contribution in [0.15, 0.2) is 12.2 Å². The SMILES string of the molecule is CC(=O)O[C@@H](C)[C@@H](CC[C@@H](O)[C@H](O)[C@H]1CC=CC(=O)O1)OC(C)=O. The van der Waals surface area contributed by atoms with Gasteiger partial charge in [0.1, 0.15) is 24.4 Å². The molecule has 0 amide bonds. The van der Waals surface area contributed by atoms with Crippen LogP contribution in [0.1, 0.15) is 40.0 Å². The standard InChI is InChI=1S/C16H24O8/c1-9(22-10(2)17)13(23-11(3)18)8-7-12(19)16(21)14-5-4-6-15(20)24-14/h4,6,9,12-14,16,19,21H,5,7-8H2,1-3H3/t9-,12+,13+,14+,16-/m0/s1. The van der Waals surface area contributed by atoms with Crippen molar-refractivity contribution < 1.29 is 38.8 Å². The lowest BCUT2D eigenvalue weighted by Crippen LogP contribution is -2.42. The fourth-order valence-corrected chi connectivity index (χ4v) is 2.44. The monoisotopic (exact) mass is 344 g/mol. The Hall–Kier alpha value is -1.93. The molecule has 1 heterocycles. The molecule has 8 heteroatoms. The first-order valence-electron chi connectivity index (χ1n) is 7.78. The van der Waals surface area contributed by atoms with Gasteiger partial charge >= 0.3 is 17.9 Å². The van der Waals surface area contributed by atoms with Crippen molar-refractivity contribution in [1.29, 1.82) is 0 Å². The van der Waals surface area contributed by atoms with Gasteiger partial charge in [-0.1, -0.05) is 6.08 Å². The van der Waals surface area contributed by atoms with E-state index >= 15 is 0 Å². The minimum atomic E-state index is -1.26. The molecule has 0 aromatic rings. The molecule has 1 aliphatic rings. The van der Waals surface area contributed by atoms with Crippen LogP contribution < -0.4 is 0 Å². The van der Waals surface area contributed by atoms with Gasteiger partial charge in [0.05, 0.1) is 6.10 Å². The van der Waals surface area contributed by atoms with E-state index in [1.54, 1.807) is 13.0 Å². The molecule has 0 spiro atoms.